The maximum absolute atomic E-state index is 6.69. The molecule has 0 saturated heterocycles. The van der Waals surface area contributed by atoms with Crippen molar-refractivity contribution >= 4 is 21.6 Å². The number of rotatable bonds is 2. The number of halogens is 1. The SMILES string of the molecule is COc1ccc(C2=CC3c4cc(Br)ccc4OC4(CCC(C)CC4)N3N2)cc1. The lowest BCUT2D eigenvalue weighted by Crippen LogP contribution is -2.60. The van der Waals surface area contributed by atoms with Crippen LogP contribution in [0.15, 0.2) is 53.0 Å². The normalized spacial score (nSPS) is 28.8. The molecular formula is C23H25BrN2O2. The number of hydrogen-bond acceptors (Lipinski definition) is 4. The van der Waals surface area contributed by atoms with E-state index >= 15 is 0 Å². The summed E-state index contributed by atoms with van der Waals surface area (Å²) in [5.74, 6) is 2.64. The van der Waals surface area contributed by atoms with Crippen LogP contribution in [-0.4, -0.2) is 17.8 Å². The molecule has 1 atom stereocenters. The lowest BCUT2D eigenvalue weighted by molar-refractivity contribution is -0.155. The van der Waals surface area contributed by atoms with Crippen LogP contribution in [0.5, 0.6) is 11.5 Å². The Bertz CT molecular complexity index is 917. The number of fused-ring (bicyclic) bond motifs is 4. The molecule has 1 saturated carbocycles. The van der Waals surface area contributed by atoms with Gasteiger partial charge in [-0.2, -0.15) is 5.01 Å². The molecule has 0 aromatic heterocycles. The van der Waals surface area contributed by atoms with Crippen LogP contribution in [0.4, 0.5) is 0 Å². The van der Waals surface area contributed by atoms with E-state index in [9.17, 15) is 0 Å². The molecule has 2 heterocycles. The van der Waals surface area contributed by atoms with E-state index in [1.807, 2.05) is 12.1 Å². The molecule has 2 aromatic rings. The van der Waals surface area contributed by atoms with Gasteiger partial charge in [0.05, 0.1) is 18.8 Å². The Morgan fingerprint density at radius 2 is 1.89 bits per heavy atom. The zero-order valence-corrected chi connectivity index (χ0v) is 17.8. The summed E-state index contributed by atoms with van der Waals surface area (Å²) in [6.45, 7) is 2.34. The molecule has 5 heteroatoms. The molecule has 0 amide bonds. The summed E-state index contributed by atoms with van der Waals surface area (Å²) in [5.41, 5.74) is 6.90. The fraction of sp³-hybridized carbons (Fsp3) is 0.391. The van der Waals surface area contributed by atoms with E-state index in [0.717, 1.165) is 46.0 Å². The van der Waals surface area contributed by atoms with Crippen LogP contribution < -0.4 is 14.9 Å². The molecule has 2 aliphatic heterocycles. The van der Waals surface area contributed by atoms with Gasteiger partial charge >= 0.3 is 0 Å². The minimum Gasteiger partial charge on any atom is -0.497 e. The van der Waals surface area contributed by atoms with Gasteiger partial charge in [-0.3, -0.25) is 0 Å². The average molecular weight is 441 g/mol. The average Bonchev–Trinajstić information content (AvgIpc) is 3.18. The van der Waals surface area contributed by atoms with Crippen molar-refractivity contribution in [3.63, 3.8) is 0 Å². The predicted octanol–water partition coefficient (Wildman–Crippen LogP) is 5.66. The summed E-state index contributed by atoms with van der Waals surface area (Å²) in [5, 5.41) is 2.35. The molecule has 1 N–H and O–H groups in total. The molecule has 1 aliphatic carbocycles. The standard InChI is InChI=1S/C23H25BrN2O2/c1-15-9-11-23(12-10-15)26-21(19-13-17(24)5-8-22(19)28-23)14-20(25-26)16-3-6-18(27-2)7-4-16/h3-8,13-15,21,25H,9-12H2,1-2H3. The van der Waals surface area contributed by atoms with Gasteiger partial charge in [-0.25, -0.2) is 0 Å². The van der Waals surface area contributed by atoms with Crippen LogP contribution in [0.25, 0.3) is 5.70 Å². The van der Waals surface area contributed by atoms with Crippen molar-refractivity contribution in [3.8, 4) is 11.5 Å². The summed E-state index contributed by atoms with van der Waals surface area (Å²) >= 11 is 3.63. The summed E-state index contributed by atoms with van der Waals surface area (Å²) in [7, 11) is 1.70. The first-order valence-electron chi connectivity index (χ1n) is 9.99. The molecule has 0 bridgehead atoms. The van der Waals surface area contributed by atoms with Gasteiger partial charge < -0.3 is 14.9 Å². The van der Waals surface area contributed by atoms with Crippen LogP contribution in [0.1, 0.15) is 49.8 Å². The molecule has 28 heavy (non-hydrogen) atoms. The first-order valence-corrected chi connectivity index (χ1v) is 10.8. The number of hydrogen-bond donors (Lipinski definition) is 1. The first-order chi connectivity index (χ1) is 13.6. The molecule has 1 spiro atoms. The van der Waals surface area contributed by atoms with Crippen molar-refractivity contribution in [2.75, 3.05) is 7.11 Å². The molecule has 1 fully saturated rings. The van der Waals surface area contributed by atoms with E-state index < -0.39 is 0 Å². The van der Waals surface area contributed by atoms with Crippen molar-refractivity contribution in [1.29, 1.82) is 0 Å². The highest BCUT2D eigenvalue weighted by Crippen LogP contribution is 2.50. The van der Waals surface area contributed by atoms with Gasteiger partial charge in [0.1, 0.15) is 11.5 Å². The van der Waals surface area contributed by atoms with Gasteiger partial charge in [0, 0.05) is 22.9 Å². The van der Waals surface area contributed by atoms with Crippen molar-refractivity contribution in [2.45, 2.75) is 44.4 Å². The van der Waals surface area contributed by atoms with E-state index in [1.165, 1.54) is 18.4 Å². The lowest BCUT2D eigenvalue weighted by Gasteiger charge is -2.51. The van der Waals surface area contributed by atoms with Gasteiger partial charge in [0.15, 0.2) is 5.72 Å². The second-order valence-electron chi connectivity index (χ2n) is 8.15. The third-order valence-corrected chi connectivity index (χ3v) is 6.82. The summed E-state index contributed by atoms with van der Waals surface area (Å²) in [6, 6.07) is 14.7. The van der Waals surface area contributed by atoms with Crippen LogP contribution in [0.3, 0.4) is 0 Å². The maximum atomic E-state index is 6.69. The van der Waals surface area contributed by atoms with Gasteiger partial charge in [-0.15, -0.1) is 0 Å². The maximum Gasteiger partial charge on any atom is 0.180 e. The monoisotopic (exact) mass is 440 g/mol. The highest BCUT2D eigenvalue weighted by Gasteiger charge is 2.51. The summed E-state index contributed by atoms with van der Waals surface area (Å²) in [6.07, 6.45) is 6.78. The van der Waals surface area contributed by atoms with Crippen molar-refractivity contribution in [1.82, 2.24) is 10.4 Å². The van der Waals surface area contributed by atoms with Crippen LogP contribution in [0.2, 0.25) is 0 Å². The Morgan fingerprint density at radius 3 is 2.61 bits per heavy atom. The largest absolute Gasteiger partial charge is 0.497 e. The van der Waals surface area contributed by atoms with Gasteiger partial charge in [0.2, 0.25) is 0 Å². The van der Waals surface area contributed by atoms with E-state index in [4.69, 9.17) is 9.47 Å². The zero-order valence-electron chi connectivity index (χ0n) is 16.2. The Labute approximate surface area is 174 Å². The third kappa shape index (κ3) is 2.92. The molecule has 146 valence electrons. The third-order valence-electron chi connectivity index (χ3n) is 6.33. The topological polar surface area (TPSA) is 33.7 Å². The fourth-order valence-corrected chi connectivity index (χ4v) is 5.02. The minimum absolute atomic E-state index is 0.159. The zero-order chi connectivity index (χ0) is 19.3. The van der Waals surface area contributed by atoms with E-state index in [2.05, 4.69) is 69.7 Å². The smallest absolute Gasteiger partial charge is 0.180 e. The highest BCUT2D eigenvalue weighted by atomic mass is 79.9. The molecule has 3 aliphatic rings. The van der Waals surface area contributed by atoms with E-state index in [1.54, 1.807) is 7.11 Å². The van der Waals surface area contributed by atoms with Gasteiger partial charge in [-0.05, 0) is 72.9 Å². The second kappa shape index (κ2) is 6.82. The quantitative estimate of drug-likeness (QED) is 0.652. The Hall–Kier alpha value is -1.98. The minimum atomic E-state index is -0.289. The highest BCUT2D eigenvalue weighted by molar-refractivity contribution is 9.10. The number of ether oxygens (including phenoxy) is 2. The number of methoxy groups -OCH3 is 1. The van der Waals surface area contributed by atoms with Crippen molar-refractivity contribution in [3.05, 3.63) is 64.1 Å². The predicted molar refractivity (Wildman–Crippen MR) is 114 cm³/mol. The molecule has 2 aromatic carbocycles. The lowest BCUT2D eigenvalue weighted by atomic mass is 9.82. The Kier molecular flexibility index (Phi) is 4.40. The van der Waals surface area contributed by atoms with E-state index in [0.29, 0.717) is 0 Å². The first kappa shape index (κ1) is 18.1. The van der Waals surface area contributed by atoms with Gasteiger partial charge in [0.25, 0.3) is 0 Å². The molecule has 0 radical (unpaired) electrons. The molecule has 4 nitrogen and oxygen atoms in total. The fourth-order valence-electron chi connectivity index (χ4n) is 4.64. The van der Waals surface area contributed by atoms with Crippen LogP contribution in [0, 0.1) is 5.92 Å². The summed E-state index contributed by atoms with van der Waals surface area (Å²) < 4.78 is 13.1. The van der Waals surface area contributed by atoms with Crippen molar-refractivity contribution < 1.29 is 9.47 Å². The van der Waals surface area contributed by atoms with E-state index in [-0.39, 0.29) is 11.8 Å². The number of nitrogens with zero attached hydrogens (tertiary/aromatic N) is 1. The Balaban J connectivity index is 1.55. The van der Waals surface area contributed by atoms with Gasteiger partial charge in [-0.1, -0.05) is 22.9 Å². The molecule has 5 rings (SSSR count). The molecular weight excluding hydrogens is 416 g/mol. The Morgan fingerprint density at radius 1 is 1.14 bits per heavy atom. The van der Waals surface area contributed by atoms with Crippen LogP contribution in [-0.2, 0) is 0 Å². The van der Waals surface area contributed by atoms with Crippen LogP contribution >= 0.6 is 15.9 Å². The molecule has 1 unspecified atom stereocenters. The number of nitrogens with one attached hydrogen (secondary N) is 1. The second-order valence-corrected chi connectivity index (χ2v) is 9.06. The van der Waals surface area contributed by atoms with Crippen molar-refractivity contribution in [2.24, 2.45) is 5.92 Å². The number of hydrazine groups is 1. The number of benzene rings is 2. The summed E-state index contributed by atoms with van der Waals surface area (Å²) in [4.78, 5) is 0.